The Morgan fingerprint density at radius 3 is 2.88 bits per heavy atom. The number of hydrogen-bond acceptors (Lipinski definition) is 5. The normalized spacial score (nSPS) is 26.1. The Morgan fingerprint density at radius 1 is 1.24 bits per heavy atom. The topological polar surface area (TPSA) is 63.1 Å². The van der Waals surface area contributed by atoms with Gasteiger partial charge in [0.1, 0.15) is 5.82 Å². The van der Waals surface area contributed by atoms with Gasteiger partial charge in [0.15, 0.2) is 0 Å². The average Bonchev–Trinajstić information content (AvgIpc) is 3.27. The van der Waals surface area contributed by atoms with E-state index in [1.54, 1.807) is 0 Å². The molecule has 0 radical (unpaired) electrons. The molecule has 2 atom stereocenters. The molecule has 0 bridgehead atoms. The number of carbonyl (C=O) groups is 1. The third-order valence-corrected chi connectivity index (χ3v) is 6.81. The summed E-state index contributed by atoms with van der Waals surface area (Å²) < 4.78 is 2.07. The van der Waals surface area contributed by atoms with Crippen LogP contribution in [0.15, 0.2) is 17.5 Å². The first-order valence-corrected chi connectivity index (χ1v) is 10.1. The number of hydrogen-bond donors (Lipinski definition) is 1. The molecular weight excluding hydrogens is 334 g/mol. The van der Waals surface area contributed by atoms with Gasteiger partial charge in [-0.05, 0) is 42.5 Å². The summed E-state index contributed by atoms with van der Waals surface area (Å²) in [6.07, 6.45) is 4.34. The zero-order chi connectivity index (χ0) is 16.8. The lowest BCUT2D eigenvalue weighted by Crippen LogP contribution is -2.41. The van der Waals surface area contributed by atoms with Crippen molar-refractivity contribution in [3.05, 3.63) is 34.0 Å². The van der Waals surface area contributed by atoms with E-state index in [1.165, 1.54) is 11.3 Å². The molecule has 0 spiro atoms. The second kappa shape index (κ2) is 6.21. The van der Waals surface area contributed by atoms with Gasteiger partial charge in [-0.3, -0.25) is 9.69 Å². The number of carbonyl (C=O) groups excluding carboxylic acids is 1. The highest BCUT2D eigenvalue weighted by molar-refractivity contribution is 7.09. The molecule has 2 aliphatic heterocycles. The lowest BCUT2D eigenvalue weighted by atomic mass is 9.89. The van der Waals surface area contributed by atoms with Crippen molar-refractivity contribution in [1.29, 1.82) is 0 Å². The first-order valence-electron chi connectivity index (χ1n) is 9.24. The molecule has 0 aromatic carbocycles. The first kappa shape index (κ1) is 15.5. The fourth-order valence-electron chi connectivity index (χ4n) is 4.34. The van der Waals surface area contributed by atoms with E-state index >= 15 is 0 Å². The molecule has 3 aliphatic rings. The van der Waals surface area contributed by atoms with Crippen LogP contribution in [0.25, 0.3) is 0 Å². The molecule has 1 amide bonds. The summed E-state index contributed by atoms with van der Waals surface area (Å²) in [4.78, 5) is 16.5. The van der Waals surface area contributed by atoms with Gasteiger partial charge in [0.2, 0.25) is 5.82 Å². The SMILES string of the molecule is O=C(NC1CCC1)c1nnc2n1C[C@@H]1CN(Cc3cccs3)C[C@@H]1C2. The molecule has 4 heterocycles. The highest BCUT2D eigenvalue weighted by atomic mass is 32.1. The van der Waals surface area contributed by atoms with Crippen molar-refractivity contribution in [2.75, 3.05) is 13.1 Å². The number of rotatable bonds is 4. The summed E-state index contributed by atoms with van der Waals surface area (Å²) >= 11 is 1.83. The van der Waals surface area contributed by atoms with Crippen LogP contribution >= 0.6 is 11.3 Å². The molecule has 1 N–H and O–H groups in total. The molecule has 0 unspecified atom stereocenters. The van der Waals surface area contributed by atoms with Crippen molar-refractivity contribution in [3.63, 3.8) is 0 Å². The van der Waals surface area contributed by atoms with Gasteiger partial charge in [0, 0.05) is 43.5 Å². The van der Waals surface area contributed by atoms with Crippen molar-refractivity contribution in [3.8, 4) is 0 Å². The fourth-order valence-corrected chi connectivity index (χ4v) is 5.09. The number of nitrogens with zero attached hydrogens (tertiary/aromatic N) is 4. The molecule has 7 heteroatoms. The van der Waals surface area contributed by atoms with Crippen LogP contribution in [-0.4, -0.2) is 44.7 Å². The maximum absolute atomic E-state index is 12.5. The monoisotopic (exact) mass is 357 g/mol. The highest BCUT2D eigenvalue weighted by Gasteiger charge is 2.39. The summed E-state index contributed by atoms with van der Waals surface area (Å²) in [6, 6.07) is 4.67. The highest BCUT2D eigenvalue weighted by Crippen LogP contribution is 2.33. The van der Waals surface area contributed by atoms with E-state index in [-0.39, 0.29) is 5.91 Å². The second-order valence-corrected chi connectivity index (χ2v) is 8.68. The Kier molecular flexibility index (Phi) is 3.86. The number of fused-ring (bicyclic) bond motifs is 2. The van der Waals surface area contributed by atoms with E-state index in [0.717, 1.165) is 51.3 Å². The molecule has 25 heavy (non-hydrogen) atoms. The fraction of sp³-hybridized carbons (Fsp3) is 0.611. The summed E-state index contributed by atoms with van der Waals surface area (Å²) in [5, 5.41) is 13.8. The van der Waals surface area contributed by atoms with Crippen LogP contribution in [0, 0.1) is 11.8 Å². The van der Waals surface area contributed by atoms with E-state index in [2.05, 4.69) is 42.5 Å². The van der Waals surface area contributed by atoms with Gasteiger partial charge in [0.05, 0.1) is 0 Å². The zero-order valence-corrected chi connectivity index (χ0v) is 15.0. The molecule has 2 aromatic heterocycles. The number of thiophene rings is 1. The van der Waals surface area contributed by atoms with Gasteiger partial charge in [0.25, 0.3) is 5.91 Å². The van der Waals surface area contributed by atoms with Crippen LogP contribution in [0.2, 0.25) is 0 Å². The Labute approximate surface area is 151 Å². The van der Waals surface area contributed by atoms with Crippen molar-refractivity contribution in [2.24, 2.45) is 11.8 Å². The van der Waals surface area contributed by atoms with E-state index < -0.39 is 0 Å². The minimum atomic E-state index is -0.0460. The summed E-state index contributed by atoms with van der Waals surface area (Å²) in [7, 11) is 0. The Balaban J connectivity index is 1.28. The van der Waals surface area contributed by atoms with E-state index in [4.69, 9.17) is 0 Å². The standard InChI is InChI=1S/C18H23N5OS/c24-18(19-14-3-1-4-14)17-21-20-16-7-12-8-22(9-13(12)10-23(16)17)11-15-5-2-6-25-15/h2,5-6,12-14H,1,3-4,7-11H2,(H,19,24)/t12-,13-/m0/s1. The number of nitrogens with one attached hydrogen (secondary N) is 1. The molecule has 1 aliphatic carbocycles. The van der Waals surface area contributed by atoms with E-state index in [9.17, 15) is 4.79 Å². The Morgan fingerprint density at radius 2 is 2.12 bits per heavy atom. The van der Waals surface area contributed by atoms with E-state index in [0.29, 0.717) is 23.7 Å². The van der Waals surface area contributed by atoms with Crippen LogP contribution in [0.3, 0.4) is 0 Å². The first-order chi connectivity index (χ1) is 12.3. The number of amides is 1. The summed E-state index contributed by atoms with van der Waals surface area (Å²) in [6.45, 7) is 4.14. The van der Waals surface area contributed by atoms with Crippen molar-refractivity contribution in [2.45, 2.75) is 44.8 Å². The Bertz CT molecular complexity index is 767. The Hall–Kier alpha value is -1.73. The maximum Gasteiger partial charge on any atom is 0.289 e. The molecular formula is C18H23N5OS. The second-order valence-electron chi connectivity index (χ2n) is 7.65. The molecule has 5 rings (SSSR count). The zero-order valence-electron chi connectivity index (χ0n) is 14.2. The largest absolute Gasteiger partial charge is 0.347 e. The van der Waals surface area contributed by atoms with Crippen molar-refractivity contribution >= 4 is 17.2 Å². The third-order valence-electron chi connectivity index (χ3n) is 5.94. The van der Waals surface area contributed by atoms with Gasteiger partial charge in [-0.25, -0.2) is 0 Å². The maximum atomic E-state index is 12.5. The van der Waals surface area contributed by atoms with Gasteiger partial charge in [-0.15, -0.1) is 21.5 Å². The molecule has 6 nitrogen and oxygen atoms in total. The van der Waals surface area contributed by atoms with Gasteiger partial charge >= 0.3 is 0 Å². The van der Waals surface area contributed by atoms with Crippen LogP contribution in [0.5, 0.6) is 0 Å². The van der Waals surface area contributed by atoms with Crippen LogP contribution in [0.1, 0.15) is 40.6 Å². The predicted octanol–water partition coefficient (Wildman–Crippen LogP) is 1.93. The number of likely N-dealkylation sites (tertiary alicyclic amines) is 1. The summed E-state index contributed by atoms with van der Waals surface area (Å²) in [5.41, 5.74) is 0. The van der Waals surface area contributed by atoms with Crippen LogP contribution in [-0.2, 0) is 19.5 Å². The van der Waals surface area contributed by atoms with Crippen molar-refractivity contribution in [1.82, 2.24) is 25.0 Å². The quantitative estimate of drug-likeness (QED) is 0.908. The van der Waals surface area contributed by atoms with Crippen molar-refractivity contribution < 1.29 is 4.79 Å². The molecule has 1 saturated heterocycles. The predicted molar refractivity (Wildman–Crippen MR) is 95.4 cm³/mol. The molecule has 132 valence electrons. The number of aromatic nitrogens is 3. The average molecular weight is 357 g/mol. The van der Waals surface area contributed by atoms with Gasteiger partial charge in [-0.1, -0.05) is 6.07 Å². The summed E-state index contributed by atoms with van der Waals surface area (Å²) in [5.74, 6) is 2.68. The molecule has 1 saturated carbocycles. The third kappa shape index (κ3) is 2.89. The molecule has 2 fully saturated rings. The minimum absolute atomic E-state index is 0.0460. The lowest BCUT2D eigenvalue weighted by molar-refractivity contribution is 0.0898. The molecule has 2 aromatic rings. The lowest BCUT2D eigenvalue weighted by Gasteiger charge is -2.28. The van der Waals surface area contributed by atoms with Gasteiger partial charge < -0.3 is 9.88 Å². The smallest absolute Gasteiger partial charge is 0.289 e. The van der Waals surface area contributed by atoms with E-state index in [1.807, 2.05) is 11.3 Å². The minimum Gasteiger partial charge on any atom is -0.347 e. The van der Waals surface area contributed by atoms with Crippen LogP contribution < -0.4 is 5.32 Å². The van der Waals surface area contributed by atoms with Crippen LogP contribution in [0.4, 0.5) is 0 Å². The van der Waals surface area contributed by atoms with Gasteiger partial charge in [-0.2, -0.15) is 0 Å².